The van der Waals surface area contributed by atoms with E-state index in [1.807, 2.05) is 0 Å². The Hall–Kier alpha value is -1.71. The predicted molar refractivity (Wildman–Crippen MR) is 42.0 cm³/mol. The molecule has 1 aromatic rings. The average Bonchev–Trinajstić information content (AvgIpc) is 2.03. The van der Waals surface area contributed by atoms with Gasteiger partial charge in [-0.25, -0.2) is 0 Å². The summed E-state index contributed by atoms with van der Waals surface area (Å²) in [6, 6.07) is 6.58. The molecule has 1 aromatic carbocycles. The van der Waals surface area contributed by atoms with Gasteiger partial charge in [-0.15, -0.1) is 0 Å². The minimum absolute atomic E-state index is 0.439. The van der Waals surface area contributed by atoms with Crippen LogP contribution in [0.5, 0.6) is 5.75 Å². The van der Waals surface area contributed by atoms with Crippen molar-refractivity contribution >= 4 is 11.8 Å². The molecule has 4 nitrogen and oxygen atoms in total. The Bertz CT molecular complexity index is 285. The zero-order valence-corrected chi connectivity index (χ0v) is 6.53. The van der Waals surface area contributed by atoms with Gasteiger partial charge in [0.2, 0.25) is 0 Å². The third-order valence-corrected chi connectivity index (χ3v) is 1.32. The first-order valence-electron chi connectivity index (χ1n) is 3.34. The first-order valence-corrected chi connectivity index (χ1v) is 3.34. The van der Waals surface area contributed by atoms with Crippen LogP contribution in [0.4, 0.5) is 10.5 Å². The van der Waals surface area contributed by atoms with E-state index in [-0.39, 0.29) is 0 Å². The Kier molecular flexibility index (Phi) is 2.53. The summed E-state index contributed by atoms with van der Waals surface area (Å²) in [5.41, 5.74) is 0.439. The summed E-state index contributed by atoms with van der Waals surface area (Å²) in [5.74, 6) is 0.598. The zero-order chi connectivity index (χ0) is 8.97. The zero-order valence-electron chi connectivity index (χ0n) is 6.53. The molecule has 0 saturated heterocycles. The lowest BCUT2D eigenvalue weighted by Crippen LogP contribution is -2.28. The van der Waals surface area contributed by atoms with Crippen LogP contribution in [0, 0.1) is 0 Å². The lowest BCUT2D eigenvalue weighted by Gasteiger charge is -2.07. The molecule has 64 valence electrons. The van der Waals surface area contributed by atoms with Crippen LogP contribution >= 0.6 is 0 Å². The number of carbonyl (C=O) groups excluding carboxylic acids is 1. The van der Waals surface area contributed by atoms with Crippen LogP contribution in [0.25, 0.3) is 0 Å². The van der Waals surface area contributed by atoms with Crippen molar-refractivity contribution in [3.63, 3.8) is 0 Å². The van der Waals surface area contributed by atoms with E-state index in [1.54, 1.807) is 24.3 Å². The number of carbonyl (C=O) groups is 1. The molecule has 1 rings (SSSR count). The molecule has 0 atom stereocenters. The van der Waals surface area contributed by atoms with Crippen LogP contribution in [0.15, 0.2) is 24.3 Å². The van der Waals surface area contributed by atoms with Crippen molar-refractivity contribution < 1.29 is 14.6 Å². The number of methoxy groups -OCH3 is 1. The molecule has 0 bridgehead atoms. The van der Waals surface area contributed by atoms with Crippen molar-refractivity contribution in [2.75, 3.05) is 12.4 Å². The summed E-state index contributed by atoms with van der Waals surface area (Å²) in [7, 11) is 1.51. The summed E-state index contributed by atoms with van der Waals surface area (Å²) >= 11 is 0. The number of anilines is 1. The second-order valence-electron chi connectivity index (χ2n) is 2.14. The minimum Gasteiger partial charge on any atom is -0.530 e. The van der Waals surface area contributed by atoms with Crippen LogP contribution in [0.2, 0.25) is 0 Å². The Balaban J connectivity index is 2.79. The smallest absolute Gasteiger partial charge is 0.138 e. The van der Waals surface area contributed by atoms with Crippen molar-refractivity contribution in [1.29, 1.82) is 0 Å². The molecule has 0 aliphatic rings. The minimum atomic E-state index is -1.33. The first kappa shape index (κ1) is 8.39. The largest absolute Gasteiger partial charge is 0.530 e. The summed E-state index contributed by atoms with van der Waals surface area (Å²) in [4.78, 5) is 10.1. The molecule has 0 spiro atoms. The fourth-order valence-corrected chi connectivity index (χ4v) is 0.819. The molecule has 4 heteroatoms. The average molecular weight is 166 g/mol. The summed E-state index contributed by atoms with van der Waals surface area (Å²) in [6.07, 6.45) is -1.33. The summed E-state index contributed by atoms with van der Waals surface area (Å²) < 4.78 is 4.88. The van der Waals surface area contributed by atoms with Gasteiger partial charge in [0.1, 0.15) is 11.8 Å². The van der Waals surface area contributed by atoms with Crippen LogP contribution in [-0.2, 0) is 0 Å². The van der Waals surface area contributed by atoms with Crippen molar-refractivity contribution in [3.05, 3.63) is 24.3 Å². The third-order valence-electron chi connectivity index (χ3n) is 1.32. The van der Waals surface area contributed by atoms with E-state index in [4.69, 9.17) is 4.74 Å². The second-order valence-corrected chi connectivity index (χ2v) is 2.14. The highest BCUT2D eigenvalue weighted by molar-refractivity contribution is 5.81. The maximum atomic E-state index is 10.1. The summed E-state index contributed by atoms with van der Waals surface area (Å²) in [5, 5.41) is 12.2. The number of benzene rings is 1. The van der Waals surface area contributed by atoms with Crippen LogP contribution in [0.3, 0.4) is 0 Å². The maximum absolute atomic E-state index is 10.1. The van der Waals surface area contributed by atoms with Gasteiger partial charge in [0.15, 0.2) is 0 Å². The van der Waals surface area contributed by atoms with Crippen LogP contribution in [-0.4, -0.2) is 13.2 Å². The SMILES string of the molecule is COc1cccc(NC(=O)[O-])c1. The molecule has 0 aromatic heterocycles. The molecule has 12 heavy (non-hydrogen) atoms. The lowest BCUT2D eigenvalue weighted by atomic mass is 10.3. The number of ether oxygens (including phenoxy) is 1. The highest BCUT2D eigenvalue weighted by Gasteiger charge is 1.93. The number of hydrogen-bond donors (Lipinski definition) is 1. The number of rotatable bonds is 2. The van der Waals surface area contributed by atoms with E-state index in [2.05, 4.69) is 5.32 Å². The van der Waals surface area contributed by atoms with E-state index in [9.17, 15) is 9.90 Å². The third kappa shape index (κ3) is 2.16. The van der Waals surface area contributed by atoms with Gasteiger partial charge in [-0.1, -0.05) is 6.07 Å². The topological polar surface area (TPSA) is 61.4 Å². The van der Waals surface area contributed by atoms with Gasteiger partial charge in [-0.2, -0.15) is 0 Å². The Morgan fingerprint density at radius 1 is 1.58 bits per heavy atom. The fraction of sp³-hybridized carbons (Fsp3) is 0.125. The maximum Gasteiger partial charge on any atom is 0.138 e. The molecule has 0 radical (unpaired) electrons. The number of hydrogen-bond acceptors (Lipinski definition) is 3. The molecule has 0 aliphatic carbocycles. The van der Waals surface area contributed by atoms with E-state index in [1.165, 1.54) is 7.11 Å². The fourth-order valence-electron chi connectivity index (χ4n) is 0.819. The molecule has 1 N–H and O–H groups in total. The van der Waals surface area contributed by atoms with Crippen LogP contribution < -0.4 is 15.2 Å². The van der Waals surface area contributed by atoms with E-state index in [0.29, 0.717) is 11.4 Å². The van der Waals surface area contributed by atoms with Gasteiger partial charge in [0, 0.05) is 11.8 Å². The normalized spacial score (nSPS) is 9.08. The molecular formula is C8H8NO3-. The standard InChI is InChI=1S/C8H9NO3/c1-12-7-4-2-3-6(5-7)9-8(10)11/h2-5,9H,1H3,(H,10,11)/p-1. The quantitative estimate of drug-likeness (QED) is 0.693. The molecule has 0 unspecified atom stereocenters. The van der Waals surface area contributed by atoms with E-state index >= 15 is 0 Å². The van der Waals surface area contributed by atoms with Gasteiger partial charge in [0.05, 0.1) is 7.11 Å². The predicted octanol–water partition coefficient (Wildman–Crippen LogP) is 0.450. The Morgan fingerprint density at radius 3 is 2.92 bits per heavy atom. The van der Waals surface area contributed by atoms with E-state index in [0.717, 1.165) is 0 Å². The van der Waals surface area contributed by atoms with Crippen molar-refractivity contribution in [2.45, 2.75) is 0 Å². The highest BCUT2D eigenvalue weighted by atomic mass is 16.5. The Morgan fingerprint density at radius 2 is 2.33 bits per heavy atom. The monoisotopic (exact) mass is 166 g/mol. The van der Waals surface area contributed by atoms with Gasteiger partial charge < -0.3 is 20.0 Å². The number of amides is 1. The first-order chi connectivity index (χ1) is 5.72. The second kappa shape index (κ2) is 3.61. The highest BCUT2D eigenvalue weighted by Crippen LogP contribution is 2.15. The lowest BCUT2D eigenvalue weighted by molar-refractivity contribution is -0.242. The van der Waals surface area contributed by atoms with Gasteiger partial charge >= 0.3 is 0 Å². The van der Waals surface area contributed by atoms with Gasteiger partial charge in [0.25, 0.3) is 0 Å². The summed E-state index contributed by atoms with van der Waals surface area (Å²) in [6.45, 7) is 0. The molecule has 0 saturated carbocycles. The molecule has 1 amide bonds. The van der Waals surface area contributed by atoms with Gasteiger partial charge in [-0.05, 0) is 12.1 Å². The van der Waals surface area contributed by atoms with E-state index < -0.39 is 6.09 Å². The van der Waals surface area contributed by atoms with Gasteiger partial charge in [-0.3, -0.25) is 0 Å². The Labute approximate surface area is 69.8 Å². The van der Waals surface area contributed by atoms with Crippen molar-refractivity contribution in [1.82, 2.24) is 0 Å². The molecule has 0 aliphatic heterocycles. The van der Waals surface area contributed by atoms with Crippen LogP contribution in [0.1, 0.15) is 0 Å². The molecular weight excluding hydrogens is 158 g/mol. The molecule has 0 heterocycles. The number of nitrogens with one attached hydrogen (secondary N) is 1. The number of carboxylic acid groups (broad SMARTS) is 1. The molecule has 0 fully saturated rings. The van der Waals surface area contributed by atoms with Crippen molar-refractivity contribution in [3.8, 4) is 5.75 Å². The van der Waals surface area contributed by atoms with Crippen molar-refractivity contribution in [2.24, 2.45) is 0 Å².